The van der Waals surface area contributed by atoms with Crippen molar-refractivity contribution in [3.8, 4) is 0 Å². The van der Waals surface area contributed by atoms with Crippen LogP contribution in [0.5, 0.6) is 0 Å². The Labute approximate surface area is 218 Å². The molecule has 0 aromatic rings. The van der Waals surface area contributed by atoms with E-state index in [-0.39, 0.29) is 52.0 Å². The predicted molar refractivity (Wildman–Crippen MR) is 125 cm³/mol. The van der Waals surface area contributed by atoms with Gasteiger partial charge in [0.2, 0.25) is 23.6 Å². The van der Waals surface area contributed by atoms with Crippen molar-refractivity contribution in [2.75, 3.05) is 39.3 Å². The van der Waals surface area contributed by atoms with Crippen LogP contribution in [0.2, 0.25) is 0 Å². The summed E-state index contributed by atoms with van der Waals surface area (Å²) in [6.07, 6.45) is -5.72. The molecule has 1 unspecified atom stereocenters. The maximum Gasteiger partial charge on any atom is 0.246 e. The lowest BCUT2D eigenvalue weighted by atomic mass is 10.0. The quantitative estimate of drug-likeness (QED) is 0.156. The molecule has 0 saturated carbocycles. The summed E-state index contributed by atoms with van der Waals surface area (Å²) in [5.41, 5.74) is 8.14. The highest BCUT2D eigenvalue weighted by Crippen LogP contribution is 2.29. The summed E-state index contributed by atoms with van der Waals surface area (Å²) in [5, 5.41) is 61.3. The Morgan fingerprint density at radius 3 is 1.74 bits per heavy atom. The van der Waals surface area contributed by atoms with Gasteiger partial charge in [0.25, 0.3) is 0 Å². The van der Waals surface area contributed by atoms with Gasteiger partial charge in [-0.05, 0) is 0 Å². The zero-order valence-electron chi connectivity index (χ0n) is 20.7. The molecule has 4 amide bonds. The van der Waals surface area contributed by atoms with E-state index >= 15 is 0 Å². The summed E-state index contributed by atoms with van der Waals surface area (Å²) in [5.74, 6) is -2.68. The molecule has 0 aromatic heterocycles. The average Bonchev–Trinajstić information content (AvgIpc) is 3.56. The van der Waals surface area contributed by atoms with E-state index < -0.39 is 84.9 Å². The predicted octanol–water partition coefficient (Wildman–Crippen LogP) is -6.74. The molecule has 9 N–H and O–H groups in total. The minimum Gasteiger partial charge on any atom is -0.395 e. The largest absolute Gasteiger partial charge is 0.395 e. The summed E-state index contributed by atoms with van der Waals surface area (Å²) in [4.78, 5) is 55.4. The Kier molecular flexibility index (Phi) is 8.53. The summed E-state index contributed by atoms with van der Waals surface area (Å²) in [7, 11) is 0. The molecule has 16 nitrogen and oxygen atoms in total. The first kappa shape index (κ1) is 28.6. The second kappa shape index (κ2) is 11.4. The standard InChI is InChI=1S/C22H36N6O10/c23-20(36)14-1-10(30)5-27(14)22(38)16-3-12(32)6-28(16)21(37)15-2-11(31)4-26(15)18(34)8-25-7-17(33)19(35)13(9-29)24-25/h10-17,19,24,29-33,35H,1-9H2,(H2,23,36)/t10-,11-,12-,13-,14+,15?,16+,17-,19-/m1/s1. The molecule has 16 heteroatoms. The van der Waals surface area contributed by atoms with Gasteiger partial charge in [-0.25, -0.2) is 10.4 Å². The molecule has 4 rings (SSSR count). The van der Waals surface area contributed by atoms with Crippen LogP contribution in [0.15, 0.2) is 0 Å². The van der Waals surface area contributed by atoms with Crippen LogP contribution in [0.3, 0.4) is 0 Å². The van der Waals surface area contributed by atoms with Gasteiger partial charge in [-0.3, -0.25) is 19.2 Å². The van der Waals surface area contributed by atoms with Crippen LogP contribution in [0.25, 0.3) is 0 Å². The number of aliphatic hydroxyl groups excluding tert-OH is 6. The molecular formula is C22H36N6O10. The number of nitrogens with zero attached hydrogens (tertiary/aromatic N) is 4. The first-order valence-corrected chi connectivity index (χ1v) is 12.6. The van der Waals surface area contributed by atoms with Crippen LogP contribution in [-0.4, -0.2) is 168 Å². The molecule has 4 aliphatic heterocycles. The monoisotopic (exact) mass is 544 g/mol. The number of nitrogens with one attached hydrogen (secondary N) is 1. The minimum atomic E-state index is -1.24. The smallest absolute Gasteiger partial charge is 0.246 e. The van der Waals surface area contributed by atoms with Crippen molar-refractivity contribution in [3.05, 3.63) is 0 Å². The van der Waals surface area contributed by atoms with Gasteiger partial charge in [-0.2, -0.15) is 0 Å². The van der Waals surface area contributed by atoms with Crippen LogP contribution in [0.1, 0.15) is 19.3 Å². The van der Waals surface area contributed by atoms with Crippen LogP contribution in [0, 0.1) is 0 Å². The number of carbonyl (C=O) groups is 4. The number of hydrogen-bond acceptors (Lipinski definition) is 12. The van der Waals surface area contributed by atoms with Gasteiger partial charge in [-0.1, -0.05) is 0 Å². The Balaban J connectivity index is 1.47. The van der Waals surface area contributed by atoms with Crippen molar-refractivity contribution >= 4 is 23.6 Å². The molecule has 0 spiro atoms. The first-order chi connectivity index (χ1) is 17.9. The summed E-state index contributed by atoms with van der Waals surface area (Å²) >= 11 is 0. The van der Waals surface area contributed by atoms with Crippen molar-refractivity contribution in [2.24, 2.45) is 5.73 Å². The molecule has 9 atom stereocenters. The zero-order valence-corrected chi connectivity index (χ0v) is 20.7. The Morgan fingerprint density at radius 2 is 1.21 bits per heavy atom. The Bertz CT molecular complexity index is 940. The Hall–Kier alpha value is -2.44. The first-order valence-electron chi connectivity index (χ1n) is 12.6. The summed E-state index contributed by atoms with van der Waals surface area (Å²) in [6.45, 7) is -1.47. The molecule has 0 aliphatic carbocycles. The van der Waals surface area contributed by atoms with E-state index in [4.69, 9.17) is 5.73 Å². The summed E-state index contributed by atoms with van der Waals surface area (Å²) < 4.78 is 0. The van der Waals surface area contributed by atoms with Gasteiger partial charge in [-0.15, -0.1) is 0 Å². The van der Waals surface area contributed by atoms with E-state index in [9.17, 15) is 49.8 Å². The van der Waals surface area contributed by atoms with E-state index in [1.165, 1.54) is 5.01 Å². The van der Waals surface area contributed by atoms with Crippen LogP contribution < -0.4 is 11.2 Å². The maximum atomic E-state index is 13.6. The van der Waals surface area contributed by atoms with Crippen molar-refractivity contribution < 1.29 is 49.8 Å². The Morgan fingerprint density at radius 1 is 0.737 bits per heavy atom. The van der Waals surface area contributed by atoms with Gasteiger partial charge in [0.05, 0.1) is 43.6 Å². The van der Waals surface area contributed by atoms with E-state index in [2.05, 4.69) is 5.43 Å². The van der Waals surface area contributed by atoms with Gasteiger partial charge < -0.3 is 51.1 Å². The highest BCUT2D eigenvalue weighted by Gasteiger charge is 2.50. The number of β-amino-alcohol motifs (C(OH)–C–C–N with tert-alkyl or cyclic N) is 4. The molecule has 0 radical (unpaired) electrons. The van der Waals surface area contributed by atoms with Crippen LogP contribution >= 0.6 is 0 Å². The minimum absolute atomic E-state index is 0.0329. The molecule has 38 heavy (non-hydrogen) atoms. The van der Waals surface area contributed by atoms with Gasteiger partial charge in [0.15, 0.2) is 0 Å². The number of primary amides is 1. The lowest BCUT2D eigenvalue weighted by Gasteiger charge is -2.40. The van der Waals surface area contributed by atoms with E-state index in [0.717, 1.165) is 14.7 Å². The normalized spacial score (nSPS) is 38.2. The average molecular weight is 545 g/mol. The summed E-state index contributed by atoms with van der Waals surface area (Å²) in [6, 6.07) is -4.24. The molecule has 0 aromatic carbocycles. The van der Waals surface area contributed by atoms with Crippen LogP contribution in [-0.2, 0) is 19.2 Å². The van der Waals surface area contributed by atoms with Crippen molar-refractivity contribution in [3.63, 3.8) is 0 Å². The number of likely N-dealkylation sites (tertiary alicyclic amines) is 3. The van der Waals surface area contributed by atoms with E-state index in [1.807, 2.05) is 0 Å². The number of carbonyl (C=O) groups excluding carboxylic acids is 4. The highest BCUT2D eigenvalue weighted by molar-refractivity contribution is 5.95. The number of hydrogen-bond donors (Lipinski definition) is 8. The SMILES string of the molecule is NC(=O)[C@@H]1C[C@@H](O)CN1C(=O)[C@@H]1C[C@@H](O)CN1C(=O)C1C[C@@H](O)CN1C(=O)CN1C[C@@H](O)[C@H](O)[C@@H](CO)N1. The highest BCUT2D eigenvalue weighted by atomic mass is 16.3. The third-order valence-electron chi connectivity index (χ3n) is 7.71. The zero-order chi connectivity index (χ0) is 27.9. The second-order valence-corrected chi connectivity index (χ2v) is 10.5. The number of amides is 4. The van der Waals surface area contributed by atoms with Gasteiger partial charge in [0.1, 0.15) is 24.2 Å². The maximum absolute atomic E-state index is 13.6. The third-order valence-corrected chi connectivity index (χ3v) is 7.71. The fourth-order valence-corrected chi connectivity index (χ4v) is 5.80. The number of hydrazine groups is 1. The van der Waals surface area contributed by atoms with Crippen molar-refractivity contribution in [2.45, 2.75) is 73.9 Å². The number of nitrogens with two attached hydrogens (primary N) is 1. The molecule has 4 aliphatic rings. The van der Waals surface area contributed by atoms with Crippen molar-refractivity contribution in [1.29, 1.82) is 0 Å². The molecule has 4 saturated heterocycles. The number of rotatable bonds is 6. The molecule has 214 valence electrons. The molecule has 4 fully saturated rings. The second-order valence-electron chi connectivity index (χ2n) is 10.5. The molecular weight excluding hydrogens is 508 g/mol. The third kappa shape index (κ3) is 5.62. The molecule has 4 heterocycles. The van der Waals surface area contributed by atoms with Crippen LogP contribution in [0.4, 0.5) is 0 Å². The van der Waals surface area contributed by atoms with Gasteiger partial charge >= 0.3 is 0 Å². The topological polar surface area (TPSA) is 241 Å². The lowest BCUT2D eigenvalue weighted by molar-refractivity contribution is -0.151. The fourth-order valence-electron chi connectivity index (χ4n) is 5.80. The van der Waals surface area contributed by atoms with E-state index in [1.54, 1.807) is 0 Å². The fraction of sp³-hybridized carbons (Fsp3) is 0.818. The molecule has 0 bridgehead atoms. The van der Waals surface area contributed by atoms with Gasteiger partial charge in [0, 0.05) is 45.4 Å². The van der Waals surface area contributed by atoms with E-state index in [0.29, 0.717) is 0 Å². The lowest BCUT2D eigenvalue weighted by Crippen LogP contribution is -2.65. The van der Waals surface area contributed by atoms with Crippen molar-refractivity contribution in [1.82, 2.24) is 25.1 Å². The number of aliphatic hydroxyl groups is 6.